The predicted molar refractivity (Wildman–Crippen MR) is 73.1 cm³/mol. The number of hydrogen-bond donors (Lipinski definition) is 1. The first kappa shape index (κ1) is 14.2. The van der Waals surface area contributed by atoms with E-state index in [4.69, 9.17) is 0 Å². The van der Waals surface area contributed by atoms with E-state index >= 15 is 0 Å². The number of hydrogen-bond acceptors (Lipinski definition) is 2. The molecule has 0 radical (unpaired) electrons. The van der Waals surface area contributed by atoms with Crippen LogP contribution in [0.5, 0.6) is 0 Å². The van der Waals surface area contributed by atoms with Crippen LogP contribution in [0.25, 0.3) is 0 Å². The SMILES string of the molecule is CCCNC(Cc1cnn(C)c1)CC(C)CC. The molecule has 98 valence electrons. The first-order valence-corrected chi connectivity index (χ1v) is 6.86. The molecule has 0 aliphatic carbocycles. The van der Waals surface area contributed by atoms with Crippen molar-refractivity contribution in [1.82, 2.24) is 15.1 Å². The fourth-order valence-corrected chi connectivity index (χ4v) is 2.10. The minimum atomic E-state index is 0.592. The summed E-state index contributed by atoms with van der Waals surface area (Å²) in [5, 5.41) is 7.89. The molecule has 0 aliphatic heterocycles. The van der Waals surface area contributed by atoms with E-state index in [1.165, 1.54) is 24.8 Å². The van der Waals surface area contributed by atoms with Crippen molar-refractivity contribution in [3.8, 4) is 0 Å². The van der Waals surface area contributed by atoms with Crippen molar-refractivity contribution in [1.29, 1.82) is 0 Å². The molecule has 0 aliphatic rings. The second kappa shape index (κ2) is 7.49. The number of aryl methyl sites for hydroxylation is 1. The maximum atomic E-state index is 4.24. The average Bonchev–Trinajstić information content (AvgIpc) is 2.71. The van der Waals surface area contributed by atoms with E-state index in [2.05, 4.69) is 37.4 Å². The van der Waals surface area contributed by atoms with Crippen LogP contribution in [0.3, 0.4) is 0 Å². The van der Waals surface area contributed by atoms with E-state index in [0.29, 0.717) is 6.04 Å². The van der Waals surface area contributed by atoms with E-state index in [1.54, 1.807) is 0 Å². The summed E-state index contributed by atoms with van der Waals surface area (Å²) in [6.07, 6.45) is 8.92. The maximum Gasteiger partial charge on any atom is 0.0522 e. The summed E-state index contributed by atoms with van der Waals surface area (Å²) in [7, 11) is 1.98. The van der Waals surface area contributed by atoms with Gasteiger partial charge in [0.2, 0.25) is 0 Å². The van der Waals surface area contributed by atoms with Crippen LogP contribution in [0.1, 0.15) is 45.6 Å². The summed E-state index contributed by atoms with van der Waals surface area (Å²) < 4.78 is 1.88. The Hall–Kier alpha value is -0.830. The van der Waals surface area contributed by atoms with Gasteiger partial charge in [0.15, 0.2) is 0 Å². The molecule has 1 rings (SSSR count). The van der Waals surface area contributed by atoms with Gasteiger partial charge in [-0.25, -0.2) is 0 Å². The van der Waals surface area contributed by atoms with Gasteiger partial charge in [-0.2, -0.15) is 5.10 Å². The monoisotopic (exact) mass is 237 g/mol. The minimum absolute atomic E-state index is 0.592. The summed E-state index contributed by atoms with van der Waals surface area (Å²) in [6, 6.07) is 0.592. The molecule has 0 amide bonds. The van der Waals surface area contributed by atoms with Crippen LogP contribution in [0, 0.1) is 5.92 Å². The van der Waals surface area contributed by atoms with Gasteiger partial charge < -0.3 is 5.32 Å². The van der Waals surface area contributed by atoms with Crippen molar-refractivity contribution >= 4 is 0 Å². The number of nitrogens with one attached hydrogen (secondary N) is 1. The van der Waals surface area contributed by atoms with Gasteiger partial charge in [-0.15, -0.1) is 0 Å². The normalized spacial score (nSPS) is 14.8. The van der Waals surface area contributed by atoms with E-state index in [1.807, 2.05) is 17.9 Å². The highest BCUT2D eigenvalue weighted by Gasteiger charge is 2.13. The third-order valence-corrected chi connectivity index (χ3v) is 3.31. The Bertz CT molecular complexity index is 306. The molecular weight excluding hydrogens is 210 g/mol. The Morgan fingerprint density at radius 2 is 2.18 bits per heavy atom. The summed E-state index contributed by atoms with van der Waals surface area (Å²) in [5.74, 6) is 0.793. The molecule has 17 heavy (non-hydrogen) atoms. The lowest BCUT2D eigenvalue weighted by atomic mass is 9.95. The Morgan fingerprint density at radius 3 is 2.71 bits per heavy atom. The highest BCUT2D eigenvalue weighted by molar-refractivity contribution is 5.06. The van der Waals surface area contributed by atoms with E-state index in [9.17, 15) is 0 Å². The fourth-order valence-electron chi connectivity index (χ4n) is 2.10. The Labute approximate surface area is 106 Å². The standard InChI is InChI=1S/C14H27N3/c1-5-7-15-14(8-12(3)6-2)9-13-10-16-17(4)11-13/h10-12,14-15H,5-9H2,1-4H3. The van der Waals surface area contributed by atoms with Gasteiger partial charge in [0.05, 0.1) is 6.20 Å². The Kier molecular flexibility index (Phi) is 6.27. The Morgan fingerprint density at radius 1 is 1.41 bits per heavy atom. The van der Waals surface area contributed by atoms with Gasteiger partial charge in [0.25, 0.3) is 0 Å². The number of rotatable bonds is 8. The molecule has 3 heteroatoms. The smallest absolute Gasteiger partial charge is 0.0522 e. The third kappa shape index (κ3) is 5.35. The van der Waals surface area contributed by atoms with E-state index < -0.39 is 0 Å². The second-order valence-electron chi connectivity index (χ2n) is 5.13. The predicted octanol–water partition coefficient (Wildman–Crippen LogP) is 2.77. The second-order valence-corrected chi connectivity index (χ2v) is 5.13. The number of aromatic nitrogens is 2. The molecule has 2 atom stereocenters. The average molecular weight is 237 g/mol. The van der Waals surface area contributed by atoms with Crippen molar-refractivity contribution in [2.75, 3.05) is 6.54 Å². The summed E-state index contributed by atoms with van der Waals surface area (Å²) in [4.78, 5) is 0. The zero-order valence-corrected chi connectivity index (χ0v) is 11.7. The van der Waals surface area contributed by atoms with Gasteiger partial charge in [-0.05, 0) is 37.3 Å². The quantitative estimate of drug-likeness (QED) is 0.753. The lowest BCUT2D eigenvalue weighted by Crippen LogP contribution is -2.33. The van der Waals surface area contributed by atoms with Crippen molar-refractivity contribution in [3.05, 3.63) is 18.0 Å². The summed E-state index contributed by atoms with van der Waals surface area (Å²) in [6.45, 7) is 7.94. The zero-order valence-electron chi connectivity index (χ0n) is 11.7. The van der Waals surface area contributed by atoms with E-state index in [0.717, 1.165) is 18.9 Å². The molecule has 1 aromatic rings. The van der Waals surface area contributed by atoms with Gasteiger partial charge in [-0.3, -0.25) is 4.68 Å². The molecule has 2 unspecified atom stereocenters. The van der Waals surface area contributed by atoms with Crippen LogP contribution in [-0.4, -0.2) is 22.4 Å². The highest BCUT2D eigenvalue weighted by Crippen LogP contribution is 2.13. The van der Waals surface area contributed by atoms with Crippen LogP contribution in [0.4, 0.5) is 0 Å². The van der Waals surface area contributed by atoms with Crippen LogP contribution < -0.4 is 5.32 Å². The third-order valence-electron chi connectivity index (χ3n) is 3.31. The molecule has 1 heterocycles. The molecule has 3 nitrogen and oxygen atoms in total. The molecule has 1 aromatic heterocycles. The van der Waals surface area contributed by atoms with Crippen LogP contribution in [-0.2, 0) is 13.5 Å². The maximum absolute atomic E-state index is 4.24. The van der Waals surface area contributed by atoms with Gasteiger partial charge in [0, 0.05) is 19.3 Å². The lowest BCUT2D eigenvalue weighted by Gasteiger charge is -2.21. The Balaban J connectivity index is 2.50. The molecule has 0 fully saturated rings. The van der Waals surface area contributed by atoms with Crippen molar-refractivity contribution in [3.63, 3.8) is 0 Å². The topological polar surface area (TPSA) is 29.9 Å². The first-order valence-electron chi connectivity index (χ1n) is 6.86. The summed E-state index contributed by atoms with van der Waals surface area (Å²) in [5.41, 5.74) is 1.34. The first-order chi connectivity index (χ1) is 8.15. The van der Waals surface area contributed by atoms with Crippen molar-refractivity contribution < 1.29 is 0 Å². The summed E-state index contributed by atoms with van der Waals surface area (Å²) >= 11 is 0. The van der Waals surface area contributed by atoms with Gasteiger partial charge >= 0.3 is 0 Å². The largest absolute Gasteiger partial charge is 0.314 e. The molecular formula is C14H27N3. The highest BCUT2D eigenvalue weighted by atomic mass is 15.2. The van der Waals surface area contributed by atoms with Crippen LogP contribution >= 0.6 is 0 Å². The van der Waals surface area contributed by atoms with Gasteiger partial charge in [-0.1, -0.05) is 27.2 Å². The van der Waals surface area contributed by atoms with Gasteiger partial charge in [0.1, 0.15) is 0 Å². The molecule has 0 aromatic carbocycles. The van der Waals surface area contributed by atoms with Crippen LogP contribution in [0.15, 0.2) is 12.4 Å². The molecule has 0 bridgehead atoms. The van der Waals surface area contributed by atoms with Crippen molar-refractivity contribution in [2.24, 2.45) is 13.0 Å². The lowest BCUT2D eigenvalue weighted by molar-refractivity contribution is 0.391. The zero-order chi connectivity index (χ0) is 12.7. The molecule has 0 spiro atoms. The van der Waals surface area contributed by atoms with E-state index in [-0.39, 0.29) is 0 Å². The van der Waals surface area contributed by atoms with Crippen LogP contribution in [0.2, 0.25) is 0 Å². The molecule has 0 saturated carbocycles. The molecule has 0 saturated heterocycles. The number of nitrogens with zero attached hydrogens (tertiary/aromatic N) is 2. The fraction of sp³-hybridized carbons (Fsp3) is 0.786. The van der Waals surface area contributed by atoms with Crippen molar-refractivity contribution in [2.45, 2.75) is 52.5 Å². The molecule has 1 N–H and O–H groups in total. The minimum Gasteiger partial charge on any atom is -0.314 e.